The Morgan fingerprint density at radius 3 is 2.29 bits per heavy atom. The number of Topliss-reactive ketones (excluding diaryl/α,β-unsaturated/α-hetero) is 1. The molecule has 0 aliphatic heterocycles. The van der Waals surface area contributed by atoms with E-state index < -0.39 is 16.5 Å². The van der Waals surface area contributed by atoms with Gasteiger partial charge in [0.15, 0.2) is 5.78 Å². The van der Waals surface area contributed by atoms with Gasteiger partial charge in [-0.3, -0.25) is 9.78 Å². The van der Waals surface area contributed by atoms with Gasteiger partial charge < -0.3 is 15.1 Å². The molecule has 4 rings (SSSR count). The van der Waals surface area contributed by atoms with Crippen LogP contribution in [0.25, 0.3) is 0 Å². The lowest BCUT2D eigenvalue weighted by Gasteiger charge is -2.19. The fourth-order valence-electron chi connectivity index (χ4n) is 3.94. The number of anilines is 1. The molecule has 14 heteroatoms. The highest BCUT2D eigenvalue weighted by Crippen LogP contribution is 2.38. The van der Waals surface area contributed by atoms with E-state index in [9.17, 15) is 4.79 Å². The van der Waals surface area contributed by atoms with E-state index in [1.54, 1.807) is 18.6 Å². The molecular formula is C24H31N3O9P2. The Balaban J connectivity index is 0.00000110. The number of nitrogens with one attached hydrogen (secondary N) is 1. The van der Waals surface area contributed by atoms with E-state index in [1.807, 2.05) is 24.3 Å². The third kappa shape index (κ3) is 10.0. The number of carbonyl (C=O) groups excluding carboxylic acids is 1. The lowest BCUT2D eigenvalue weighted by Crippen LogP contribution is -2.12. The van der Waals surface area contributed by atoms with Crippen LogP contribution in [0.3, 0.4) is 0 Å². The van der Waals surface area contributed by atoms with Crippen LogP contribution in [0.4, 0.5) is 5.82 Å². The van der Waals surface area contributed by atoms with Crippen LogP contribution in [-0.4, -0.2) is 26.3 Å². The fraction of sp³-hybridized carbons (Fsp3) is 0.292. The quantitative estimate of drug-likeness (QED) is 0.152. The van der Waals surface area contributed by atoms with Crippen molar-refractivity contribution < 1.29 is 46.4 Å². The molecule has 0 saturated carbocycles. The van der Waals surface area contributed by atoms with Gasteiger partial charge in [-0.2, -0.15) is 0 Å². The third-order valence-electron chi connectivity index (χ3n) is 5.73. The molecule has 1 aliphatic carbocycles. The first kappa shape index (κ1) is 31.2. The van der Waals surface area contributed by atoms with Gasteiger partial charge in [-0.15, -0.1) is 0 Å². The standard InChI is InChI=1S/C24H25N3O.2HO4P.2H2/c1-24(2)10-7-19-14-18(5-6-21(19)24)15-22(28)20-4-3-11-26-23(20)27-16-17-8-12-25-13-9-17;2*1-4-5(2)3;;/h3-6,8-9,11-14H,7,10,15-16H2,1-2H3,(H,26,27);2*1H;2*1H. The summed E-state index contributed by atoms with van der Waals surface area (Å²) in [4.78, 5) is 39.3. The van der Waals surface area contributed by atoms with E-state index in [2.05, 4.69) is 56.7 Å². The van der Waals surface area contributed by atoms with Crippen molar-refractivity contribution in [1.29, 1.82) is 0 Å². The topological polar surface area (TPSA) is 194 Å². The number of fused-ring (bicyclic) bond motifs is 1. The summed E-state index contributed by atoms with van der Waals surface area (Å²) in [5.74, 6) is 0.717. The van der Waals surface area contributed by atoms with Gasteiger partial charge in [-0.1, -0.05) is 32.0 Å². The number of hydrogen-bond donors (Lipinski definition) is 3. The molecular weight excluding hydrogens is 536 g/mol. The van der Waals surface area contributed by atoms with Gasteiger partial charge in [-0.25, -0.2) is 15.5 Å². The van der Waals surface area contributed by atoms with Gasteiger partial charge in [0, 0.05) is 43.8 Å². The molecule has 3 aromatic rings. The van der Waals surface area contributed by atoms with Crippen LogP contribution in [0.2, 0.25) is 0 Å². The Morgan fingerprint density at radius 1 is 1.05 bits per heavy atom. The number of aromatic nitrogens is 2. The van der Waals surface area contributed by atoms with E-state index in [-0.39, 0.29) is 14.1 Å². The van der Waals surface area contributed by atoms with Crippen molar-refractivity contribution in [3.63, 3.8) is 0 Å². The summed E-state index contributed by atoms with van der Waals surface area (Å²) in [7, 11) is -6.09. The fourth-order valence-corrected chi connectivity index (χ4v) is 3.94. The number of hydrogen-bond acceptors (Lipinski definition) is 12. The van der Waals surface area contributed by atoms with E-state index in [4.69, 9.17) is 29.4 Å². The van der Waals surface area contributed by atoms with Crippen molar-refractivity contribution >= 4 is 28.1 Å². The van der Waals surface area contributed by atoms with E-state index in [0.717, 1.165) is 17.5 Å². The molecule has 38 heavy (non-hydrogen) atoms. The molecule has 0 bridgehead atoms. The van der Waals surface area contributed by atoms with Crippen molar-refractivity contribution in [2.24, 2.45) is 0 Å². The summed E-state index contributed by atoms with van der Waals surface area (Å²) >= 11 is 0. The first-order valence-electron chi connectivity index (χ1n) is 11.2. The van der Waals surface area contributed by atoms with Gasteiger partial charge >= 0.3 is 16.5 Å². The number of ketones is 1. The highest BCUT2D eigenvalue weighted by molar-refractivity contribution is 7.30. The molecule has 12 nitrogen and oxygen atoms in total. The zero-order valence-electron chi connectivity index (χ0n) is 20.6. The van der Waals surface area contributed by atoms with Gasteiger partial charge in [-0.05, 0) is 73.9 Å². The highest BCUT2D eigenvalue weighted by Gasteiger charge is 2.29. The molecule has 2 atom stereocenters. The monoisotopic (exact) mass is 567 g/mol. The van der Waals surface area contributed by atoms with E-state index >= 15 is 0 Å². The third-order valence-corrected chi connectivity index (χ3v) is 6.00. The van der Waals surface area contributed by atoms with E-state index in [0.29, 0.717) is 24.3 Å². The van der Waals surface area contributed by atoms with Crippen molar-refractivity contribution in [2.45, 2.75) is 45.1 Å². The molecule has 0 fully saturated rings. The number of pyridine rings is 2. The lowest BCUT2D eigenvalue weighted by atomic mass is 9.86. The Kier molecular flexibility index (Phi) is 12.6. The number of aryl methyl sites for hydroxylation is 1. The van der Waals surface area contributed by atoms with Crippen LogP contribution in [0.15, 0.2) is 61.1 Å². The summed E-state index contributed by atoms with van der Waals surface area (Å²) < 4.78 is 23.3. The minimum atomic E-state index is -3.04. The number of rotatable bonds is 8. The first-order valence-corrected chi connectivity index (χ1v) is 13.4. The summed E-state index contributed by atoms with van der Waals surface area (Å²) in [5, 5.41) is 17.4. The normalized spacial score (nSPS) is 13.6. The maximum Gasteiger partial charge on any atom is 0.521 e. The Hall–Kier alpha value is -3.05. The van der Waals surface area contributed by atoms with Crippen molar-refractivity contribution in [1.82, 2.24) is 9.97 Å². The number of carbonyl (C=O) groups is 1. The van der Waals surface area contributed by atoms with Crippen LogP contribution in [0.5, 0.6) is 0 Å². The summed E-state index contributed by atoms with van der Waals surface area (Å²) in [5.41, 5.74) is 5.86. The second kappa shape index (κ2) is 15.4. The first-order chi connectivity index (χ1) is 18.1. The Bertz CT molecular complexity index is 1240. The Morgan fingerprint density at radius 2 is 1.68 bits per heavy atom. The molecule has 0 amide bonds. The highest BCUT2D eigenvalue weighted by atomic mass is 31.1. The largest absolute Gasteiger partial charge is 0.565 e. The molecule has 1 aliphatic rings. The van der Waals surface area contributed by atoms with Crippen LogP contribution in [-0.2, 0) is 43.3 Å². The van der Waals surface area contributed by atoms with Crippen molar-refractivity contribution in [2.75, 3.05) is 5.32 Å². The van der Waals surface area contributed by atoms with Crippen molar-refractivity contribution in [3.05, 3.63) is 88.9 Å². The minimum absolute atomic E-state index is 0. The second-order valence-electron chi connectivity index (χ2n) is 8.69. The summed E-state index contributed by atoms with van der Waals surface area (Å²) in [6.07, 6.45) is 7.89. The molecule has 1 aromatic carbocycles. The molecule has 0 spiro atoms. The molecule has 2 heterocycles. The zero-order chi connectivity index (χ0) is 28.1. The average Bonchev–Trinajstić information content (AvgIpc) is 3.22. The predicted molar refractivity (Wildman–Crippen MR) is 138 cm³/mol. The molecule has 2 aromatic heterocycles. The molecule has 206 valence electrons. The molecule has 2 unspecified atom stereocenters. The number of nitrogens with zero attached hydrogens (tertiary/aromatic N) is 2. The smallest absolute Gasteiger partial charge is 0.521 e. The summed E-state index contributed by atoms with van der Waals surface area (Å²) in [6.45, 7) is 5.19. The van der Waals surface area contributed by atoms with Gasteiger partial charge in [0.25, 0.3) is 0 Å². The second-order valence-corrected chi connectivity index (χ2v) is 9.92. The Labute approximate surface area is 224 Å². The van der Waals surface area contributed by atoms with E-state index in [1.165, 1.54) is 17.5 Å². The lowest BCUT2D eigenvalue weighted by molar-refractivity contribution is -0.245. The van der Waals surface area contributed by atoms with Crippen LogP contribution in [0, 0.1) is 0 Å². The molecule has 0 radical (unpaired) electrons. The average molecular weight is 567 g/mol. The van der Waals surface area contributed by atoms with Crippen LogP contribution < -0.4 is 15.1 Å². The minimum Gasteiger partial charge on any atom is -0.565 e. The summed E-state index contributed by atoms with van der Waals surface area (Å²) in [6, 6.07) is 14.1. The van der Waals surface area contributed by atoms with Gasteiger partial charge in [0.05, 0.1) is 5.56 Å². The maximum atomic E-state index is 13.0. The SMILES string of the molecule is CC1(C)CCc2cc(CC(=O)c3cccnc3NCc3ccncc3)ccc21.O=[P+]([O-])OO.O=[P+]([O-])OO.[HH].[HH]. The van der Waals surface area contributed by atoms with Gasteiger partial charge in [0.1, 0.15) is 5.82 Å². The zero-order valence-corrected chi connectivity index (χ0v) is 22.4. The van der Waals surface area contributed by atoms with Gasteiger partial charge in [0.2, 0.25) is 0 Å². The molecule has 0 saturated heterocycles. The van der Waals surface area contributed by atoms with Crippen molar-refractivity contribution in [3.8, 4) is 0 Å². The van der Waals surface area contributed by atoms with Crippen LogP contribution in [0.1, 0.15) is 55.7 Å². The van der Waals surface area contributed by atoms with Crippen LogP contribution >= 0.6 is 16.5 Å². The maximum absolute atomic E-state index is 13.0. The number of benzene rings is 1. The predicted octanol–water partition coefficient (Wildman–Crippen LogP) is 4.22. The molecule has 3 N–H and O–H groups in total.